The number of rotatable bonds is 3. The first-order valence-electron chi connectivity index (χ1n) is 7.53. The van der Waals surface area contributed by atoms with Crippen LogP contribution in [0.1, 0.15) is 36.4 Å². The van der Waals surface area contributed by atoms with Gasteiger partial charge in [-0.25, -0.2) is 0 Å². The van der Waals surface area contributed by atoms with Gasteiger partial charge < -0.3 is 4.90 Å². The normalized spacial score (nSPS) is 19.6. The zero-order valence-electron chi connectivity index (χ0n) is 12.4. The Kier molecular flexibility index (Phi) is 4.04. The fourth-order valence-corrected chi connectivity index (χ4v) is 3.01. The van der Waals surface area contributed by atoms with E-state index in [1.807, 2.05) is 28.8 Å². The van der Waals surface area contributed by atoms with Gasteiger partial charge in [-0.2, -0.15) is 5.10 Å². The molecule has 4 heteroatoms. The zero-order valence-corrected chi connectivity index (χ0v) is 12.4. The third-order valence-electron chi connectivity index (χ3n) is 4.35. The van der Waals surface area contributed by atoms with Crippen molar-refractivity contribution in [2.24, 2.45) is 7.05 Å². The van der Waals surface area contributed by atoms with E-state index in [1.54, 1.807) is 6.20 Å². The maximum atomic E-state index is 12.3. The first-order chi connectivity index (χ1) is 10.2. The SMILES string of the molecule is Cn1nccc1CN1CCC(c2ccccc2)CCC1=O. The molecule has 1 fully saturated rings. The number of carbonyl (C=O) groups is 1. The second-order valence-corrected chi connectivity index (χ2v) is 5.70. The molecule has 3 rings (SSSR count). The van der Waals surface area contributed by atoms with Crippen LogP contribution in [-0.4, -0.2) is 27.1 Å². The molecule has 4 nitrogen and oxygen atoms in total. The molecule has 2 heterocycles. The van der Waals surface area contributed by atoms with Gasteiger partial charge in [0.05, 0.1) is 12.2 Å². The molecule has 1 aromatic carbocycles. The highest BCUT2D eigenvalue weighted by Crippen LogP contribution is 2.28. The van der Waals surface area contributed by atoms with E-state index in [2.05, 4.69) is 29.4 Å². The average molecular weight is 283 g/mol. The molecule has 1 aliphatic heterocycles. The van der Waals surface area contributed by atoms with Crippen LogP contribution in [0, 0.1) is 0 Å². The van der Waals surface area contributed by atoms with Crippen LogP contribution in [0.5, 0.6) is 0 Å². The predicted octanol–water partition coefficient (Wildman–Crippen LogP) is 2.72. The van der Waals surface area contributed by atoms with Crippen LogP contribution in [0.2, 0.25) is 0 Å². The molecule has 0 aliphatic carbocycles. The van der Waals surface area contributed by atoms with E-state index in [1.165, 1.54) is 5.56 Å². The first-order valence-corrected chi connectivity index (χ1v) is 7.53. The van der Waals surface area contributed by atoms with Crippen molar-refractivity contribution in [3.63, 3.8) is 0 Å². The smallest absolute Gasteiger partial charge is 0.222 e. The molecule has 0 spiro atoms. The van der Waals surface area contributed by atoms with Crippen LogP contribution in [-0.2, 0) is 18.4 Å². The van der Waals surface area contributed by atoms with Gasteiger partial charge in [-0.1, -0.05) is 30.3 Å². The van der Waals surface area contributed by atoms with Crippen LogP contribution < -0.4 is 0 Å². The number of hydrogen-bond donors (Lipinski definition) is 0. The Morgan fingerprint density at radius 1 is 1.19 bits per heavy atom. The highest BCUT2D eigenvalue weighted by atomic mass is 16.2. The summed E-state index contributed by atoms with van der Waals surface area (Å²) in [6.45, 7) is 1.49. The Bertz CT molecular complexity index is 606. The van der Waals surface area contributed by atoms with Gasteiger partial charge in [-0.15, -0.1) is 0 Å². The molecule has 0 bridgehead atoms. The van der Waals surface area contributed by atoms with E-state index in [0.717, 1.165) is 25.1 Å². The predicted molar refractivity (Wildman–Crippen MR) is 81.7 cm³/mol. The second-order valence-electron chi connectivity index (χ2n) is 5.70. The fraction of sp³-hybridized carbons (Fsp3) is 0.412. The zero-order chi connectivity index (χ0) is 14.7. The molecule has 1 unspecified atom stereocenters. The summed E-state index contributed by atoms with van der Waals surface area (Å²) in [5, 5.41) is 4.17. The van der Waals surface area contributed by atoms with Crippen molar-refractivity contribution in [2.45, 2.75) is 31.7 Å². The third-order valence-corrected chi connectivity index (χ3v) is 4.35. The molecule has 110 valence electrons. The number of likely N-dealkylation sites (tertiary alicyclic amines) is 1. The molecule has 1 aromatic heterocycles. The molecule has 1 atom stereocenters. The summed E-state index contributed by atoms with van der Waals surface area (Å²) in [6.07, 6.45) is 4.40. The molecule has 1 aliphatic rings. The van der Waals surface area contributed by atoms with Crippen molar-refractivity contribution in [2.75, 3.05) is 6.54 Å². The van der Waals surface area contributed by atoms with Crippen molar-refractivity contribution >= 4 is 5.91 Å². The fourth-order valence-electron chi connectivity index (χ4n) is 3.01. The van der Waals surface area contributed by atoms with Crippen LogP contribution in [0.15, 0.2) is 42.6 Å². The van der Waals surface area contributed by atoms with Crippen molar-refractivity contribution in [1.29, 1.82) is 0 Å². The lowest BCUT2D eigenvalue weighted by Gasteiger charge is -2.21. The van der Waals surface area contributed by atoms with Gasteiger partial charge in [0.2, 0.25) is 5.91 Å². The largest absolute Gasteiger partial charge is 0.337 e. The number of aromatic nitrogens is 2. The molecule has 1 saturated heterocycles. The molecule has 0 N–H and O–H groups in total. The second kappa shape index (κ2) is 6.12. The third kappa shape index (κ3) is 3.15. The maximum absolute atomic E-state index is 12.3. The summed E-state index contributed by atoms with van der Waals surface area (Å²) in [7, 11) is 1.92. The lowest BCUT2D eigenvalue weighted by Crippen LogP contribution is -2.30. The molecular formula is C17H21N3O. The minimum absolute atomic E-state index is 0.259. The molecule has 0 radical (unpaired) electrons. The van der Waals surface area contributed by atoms with Gasteiger partial charge in [-0.05, 0) is 30.4 Å². The monoisotopic (exact) mass is 283 g/mol. The summed E-state index contributed by atoms with van der Waals surface area (Å²) in [5.41, 5.74) is 2.44. The average Bonchev–Trinajstić information content (AvgIpc) is 2.82. The van der Waals surface area contributed by atoms with Crippen molar-refractivity contribution < 1.29 is 4.79 Å². The van der Waals surface area contributed by atoms with Crippen LogP contribution in [0.3, 0.4) is 0 Å². The van der Waals surface area contributed by atoms with Gasteiger partial charge >= 0.3 is 0 Å². The van der Waals surface area contributed by atoms with Crippen molar-refractivity contribution in [1.82, 2.24) is 14.7 Å². The summed E-state index contributed by atoms with van der Waals surface area (Å²) in [4.78, 5) is 14.3. The highest BCUT2D eigenvalue weighted by Gasteiger charge is 2.23. The molecule has 1 amide bonds. The number of nitrogens with zero attached hydrogens (tertiary/aromatic N) is 3. The summed E-state index contributed by atoms with van der Waals surface area (Å²) >= 11 is 0. The first kappa shape index (κ1) is 13.9. The molecule has 21 heavy (non-hydrogen) atoms. The van der Waals surface area contributed by atoms with Gasteiger partial charge in [0.15, 0.2) is 0 Å². The summed E-state index contributed by atoms with van der Waals surface area (Å²) in [5.74, 6) is 0.751. The van der Waals surface area contributed by atoms with Crippen LogP contribution in [0.4, 0.5) is 0 Å². The van der Waals surface area contributed by atoms with Gasteiger partial charge in [0, 0.05) is 26.2 Å². The van der Waals surface area contributed by atoms with Gasteiger partial charge in [0.1, 0.15) is 0 Å². The van der Waals surface area contributed by atoms with E-state index in [4.69, 9.17) is 0 Å². The number of aryl methyl sites for hydroxylation is 1. The van der Waals surface area contributed by atoms with E-state index >= 15 is 0 Å². The van der Waals surface area contributed by atoms with E-state index in [9.17, 15) is 4.79 Å². The molecule has 2 aromatic rings. The Labute approximate surface area is 125 Å². The maximum Gasteiger partial charge on any atom is 0.222 e. The topological polar surface area (TPSA) is 38.1 Å². The molecular weight excluding hydrogens is 262 g/mol. The Balaban J connectivity index is 1.69. The Hall–Kier alpha value is -2.10. The van der Waals surface area contributed by atoms with Gasteiger partial charge in [-0.3, -0.25) is 9.48 Å². The Morgan fingerprint density at radius 3 is 2.71 bits per heavy atom. The minimum Gasteiger partial charge on any atom is -0.337 e. The number of benzene rings is 1. The summed E-state index contributed by atoms with van der Waals surface area (Å²) < 4.78 is 1.84. The number of amides is 1. The Morgan fingerprint density at radius 2 is 2.00 bits per heavy atom. The van der Waals surface area contributed by atoms with Crippen LogP contribution in [0.25, 0.3) is 0 Å². The van der Waals surface area contributed by atoms with Crippen LogP contribution >= 0.6 is 0 Å². The minimum atomic E-state index is 0.259. The standard InChI is InChI=1S/C17H21N3O/c1-19-16(9-11-18-19)13-20-12-10-15(7-8-17(20)21)14-5-3-2-4-6-14/h2-6,9,11,15H,7-8,10,12-13H2,1H3. The highest BCUT2D eigenvalue weighted by molar-refractivity contribution is 5.76. The lowest BCUT2D eigenvalue weighted by atomic mass is 9.92. The number of hydrogen-bond acceptors (Lipinski definition) is 2. The molecule has 0 saturated carbocycles. The van der Waals surface area contributed by atoms with E-state index < -0.39 is 0 Å². The van der Waals surface area contributed by atoms with Gasteiger partial charge in [0.25, 0.3) is 0 Å². The summed E-state index contributed by atoms with van der Waals surface area (Å²) in [6, 6.07) is 12.5. The van der Waals surface area contributed by atoms with E-state index in [-0.39, 0.29) is 5.91 Å². The number of carbonyl (C=O) groups excluding carboxylic acids is 1. The van der Waals surface area contributed by atoms with Crippen molar-refractivity contribution in [3.8, 4) is 0 Å². The van der Waals surface area contributed by atoms with Crippen molar-refractivity contribution in [3.05, 3.63) is 53.9 Å². The lowest BCUT2D eigenvalue weighted by molar-refractivity contribution is -0.131. The van der Waals surface area contributed by atoms with E-state index in [0.29, 0.717) is 18.9 Å². The quantitative estimate of drug-likeness (QED) is 0.868.